The number of rotatable bonds is 4. The van der Waals surface area contributed by atoms with Crippen molar-refractivity contribution in [3.05, 3.63) is 60.7 Å². The van der Waals surface area contributed by atoms with E-state index >= 15 is 0 Å². The lowest BCUT2D eigenvalue weighted by Gasteiger charge is -2.32. The van der Waals surface area contributed by atoms with Crippen LogP contribution in [0, 0.1) is 0 Å². The monoisotopic (exact) mass is 349 g/mol. The second-order valence-electron chi connectivity index (χ2n) is 6.21. The zero-order chi connectivity index (χ0) is 17.8. The van der Waals surface area contributed by atoms with E-state index in [-0.39, 0.29) is 12.0 Å². The van der Waals surface area contributed by atoms with Crippen LogP contribution in [0.2, 0.25) is 0 Å². The molecule has 1 amide bonds. The molecular weight excluding hydrogens is 330 g/mol. The summed E-state index contributed by atoms with van der Waals surface area (Å²) in [5.74, 6) is 0.423. The SMILES string of the molecule is O=C(c1cc(-c2ccccc2)n[nH]1)N1CCCC(Oc2cnccn2)C1. The molecule has 7 heteroatoms. The Morgan fingerprint density at radius 2 is 2.12 bits per heavy atom. The Kier molecular flexibility index (Phi) is 4.59. The molecule has 2 aromatic heterocycles. The third-order valence-corrected chi connectivity index (χ3v) is 4.37. The van der Waals surface area contributed by atoms with Gasteiger partial charge < -0.3 is 9.64 Å². The average molecular weight is 349 g/mol. The van der Waals surface area contributed by atoms with E-state index in [4.69, 9.17) is 4.74 Å². The molecule has 1 atom stereocenters. The van der Waals surface area contributed by atoms with Gasteiger partial charge in [0.15, 0.2) is 0 Å². The van der Waals surface area contributed by atoms with Crippen LogP contribution >= 0.6 is 0 Å². The highest BCUT2D eigenvalue weighted by Crippen LogP contribution is 2.20. The molecule has 1 N–H and O–H groups in total. The summed E-state index contributed by atoms with van der Waals surface area (Å²) in [6.07, 6.45) is 6.47. The van der Waals surface area contributed by atoms with Gasteiger partial charge in [0.25, 0.3) is 5.91 Å². The minimum Gasteiger partial charge on any atom is -0.471 e. The molecule has 0 saturated carbocycles. The van der Waals surface area contributed by atoms with Crippen LogP contribution in [0.5, 0.6) is 5.88 Å². The Bertz CT molecular complexity index is 866. The van der Waals surface area contributed by atoms with E-state index in [0.29, 0.717) is 24.7 Å². The number of piperidine rings is 1. The number of hydrogen-bond acceptors (Lipinski definition) is 5. The van der Waals surface area contributed by atoms with Gasteiger partial charge in [0.1, 0.15) is 11.8 Å². The fourth-order valence-electron chi connectivity index (χ4n) is 3.09. The molecule has 3 aromatic rings. The van der Waals surface area contributed by atoms with Crippen molar-refractivity contribution in [1.29, 1.82) is 0 Å². The van der Waals surface area contributed by atoms with Crippen molar-refractivity contribution in [3.8, 4) is 17.1 Å². The van der Waals surface area contributed by atoms with Gasteiger partial charge in [-0.25, -0.2) is 4.98 Å². The van der Waals surface area contributed by atoms with Gasteiger partial charge in [-0.15, -0.1) is 0 Å². The van der Waals surface area contributed by atoms with Crippen molar-refractivity contribution < 1.29 is 9.53 Å². The standard InChI is InChI=1S/C19H19N5O2/c25-19(17-11-16(22-23-17)14-5-2-1-3-6-14)24-10-4-7-15(13-24)26-18-12-20-8-9-21-18/h1-3,5-6,8-9,11-12,15H,4,7,10,13H2,(H,22,23). The Labute approximate surface area is 151 Å². The van der Waals surface area contributed by atoms with Crippen LogP contribution in [0.25, 0.3) is 11.3 Å². The highest BCUT2D eigenvalue weighted by molar-refractivity contribution is 5.93. The largest absolute Gasteiger partial charge is 0.471 e. The zero-order valence-electron chi connectivity index (χ0n) is 14.2. The topological polar surface area (TPSA) is 84.0 Å². The molecule has 0 bridgehead atoms. The van der Waals surface area contributed by atoms with Gasteiger partial charge in [0.05, 0.1) is 18.4 Å². The van der Waals surface area contributed by atoms with Crippen LogP contribution in [0.15, 0.2) is 55.0 Å². The summed E-state index contributed by atoms with van der Waals surface area (Å²) in [7, 11) is 0. The maximum Gasteiger partial charge on any atom is 0.272 e. The van der Waals surface area contributed by atoms with Crippen LogP contribution < -0.4 is 4.74 Å². The third kappa shape index (κ3) is 3.56. The van der Waals surface area contributed by atoms with Crippen LogP contribution in [0.4, 0.5) is 0 Å². The van der Waals surface area contributed by atoms with Crippen molar-refractivity contribution in [2.45, 2.75) is 18.9 Å². The van der Waals surface area contributed by atoms with E-state index in [0.717, 1.165) is 24.1 Å². The van der Waals surface area contributed by atoms with E-state index < -0.39 is 0 Å². The Hall–Kier alpha value is -3.22. The molecular formula is C19H19N5O2. The smallest absolute Gasteiger partial charge is 0.272 e. The number of hydrogen-bond donors (Lipinski definition) is 1. The lowest BCUT2D eigenvalue weighted by Crippen LogP contribution is -2.44. The summed E-state index contributed by atoms with van der Waals surface area (Å²) < 4.78 is 5.85. The maximum atomic E-state index is 12.8. The lowest BCUT2D eigenvalue weighted by atomic mass is 10.1. The van der Waals surface area contributed by atoms with E-state index in [1.807, 2.05) is 30.3 Å². The number of nitrogens with zero attached hydrogens (tertiary/aromatic N) is 4. The number of aromatic amines is 1. The molecule has 7 nitrogen and oxygen atoms in total. The van der Waals surface area contributed by atoms with Crippen molar-refractivity contribution in [1.82, 2.24) is 25.1 Å². The predicted molar refractivity (Wildman–Crippen MR) is 95.6 cm³/mol. The van der Waals surface area contributed by atoms with Crippen molar-refractivity contribution in [3.63, 3.8) is 0 Å². The molecule has 4 rings (SSSR count). The van der Waals surface area contributed by atoms with Gasteiger partial charge in [-0.05, 0) is 18.9 Å². The first-order valence-electron chi connectivity index (χ1n) is 8.62. The van der Waals surface area contributed by atoms with E-state index in [1.165, 1.54) is 0 Å². The summed E-state index contributed by atoms with van der Waals surface area (Å²) in [5, 5.41) is 7.13. The number of nitrogens with one attached hydrogen (secondary N) is 1. The highest BCUT2D eigenvalue weighted by atomic mass is 16.5. The maximum absolute atomic E-state index is 12.8. The van der Waals surface area contributed by atoms with Crippen LogP contribution in [0.3, 0.4) is 0 Å². The number of carbonyl (C=O) groups is 1. The average Bonchev–Trinajstić information content (AvgIpc) is 3.19. The molecule has 1 saturated heterocycles. The van der Waals surface area contributed by atoms with Gasteiger partial charge in [-0.1, -0.05) is 30.3 Å². The summed E-state index contributed by atoms with van der Waals surface area (Å²) in [4.78, 5) is 22.7. The molecule has 1 aliphatic heterocycles. The van der Waals surface area contributed by atoms with E-state index in [2.05, 4.69) is 20.2 Å². The molecule has 132 valence electrons. The number of H-pyrrole nitrogens is 1. The molecule has 1 aromatic carbocycles. The number of aromatic nitrogens is 4. The number of benzene rings is 1. The summed E-state index contributed by atoms with van der Waals surface area (Å²) in [5.41, 5.74) is 2.23. The Balaban J connectivity index is 1.44. The van der Waals surface area contributed by atoms with Crippen LogP contribution in [0.1, 0.15) is 23.3 Å². The van der Waals surface area contributed by atoms with Crippen molar-refractivity contribution in [2.75, 3.05) is 13.1 Å². The van der Waals surface area contributed by atoms with Gasteiger partial charge in [0.2, 0.25) is 5.88 Å². The number of likely N-dealkylation sites (tertiary alicyclic amines) is 1. The predicted octanol–water partition coefficient (Wildman–Crippen LogP) is 2.55. The second kappa shape index (κ2) is 7.35. The molecule has 0 radical (unpaired) electrons. The quantitative estimate of drug-likeness (QED) is 0.782. The second-order valence-corrected chi connectivity index (χ2v) is 6.21. The summed E-state index contributed by atoms with van der Waals surface area (Å²) in [6, 6.07) is 11.6. The number of carbonyl (C=O) groups excluding carboxylic acids is 1. The molecule has 1 aliphatic rings. The minimum absolute atomic E-state index is 0.0628. The zero-order valence-corrected chi connectivity index (χ0v) is 14.2. The van der Waals surface area contributed by atoms with Gasteiger partial charge in [-0.2, -0.15) is 5.10 Å². The number of ether oxygens (including phenoxy) is 1. The Morgan fingerprint density at radius 1 is 1.23 bits per heavy atom. The van der Waals surface area contributed by atoms with Gasteiger partial charge in [0, 0.05) is 24.5 Å². The molecule has 3 heterocycles. The fraction of sp³-hybridized carbons (Fsp3) is 0.263. The molecule has 26 heavy (non-hydrogen) atoms. The summed E-state index contributed by atoms with van der Waals surface area (Å²) in [6.45, 7) is 1.23. The van der Waals surface area contributed by atoms with Crippen LogP contribution in [-0.4, -0.2) is 50.2 Å². The summed E-state index contributed by atoms with van der Waals surface area (Å²) >= 11 is 0. The molecule has 1 fully saturated rings. The van der Waals surface area contributed by atoms with Gasteiger partial charge in [-0.3, -0.25) is 14.9 Å². The highest BCUT2D eigenvalue weighted by Gasteiger charge is 2.27. The molecule has 1 unspecified atom stereocenters. The normalized spacial score (nSPS) is 17.1. The van der Waals surface area contributed by atoms with E-state index in [9.17, 15) is 4.79 Å². The van der Waals surface area contributed by atoms with Gasteiger partial charge >= 0.3 is 0 Å². The first-order valence-corrected chi connectivity index (χ1v) is 8.62. The fourth-order valence-corrected chi connectivity index (χ4v) is 3.09. The Morgan fingerprint density at radius 3 is 2.92 bits per heavy atom. The molecule has 0 aliphatic carbocycles. The number of amides is 1. The first kappa shape index (κ1) is 16.3. The molecule has 0 spiro atoms. The van der Waals surface area contributed by atoms with Crippen molar-refractivity contribution >= 4 is 5.91 Å². The van der Waals surface area contributed by atoms with Crippen molar-refractivity contribution in [2.24, 2.45) is 0 Å². The lowest BCUT2D eigenvalue weighted by molar-refractivity contribution is 0.0521. The van der Waals surface area contributed by atoms with Crippen LogP contribution in [-0.2, 0) is 0 Å². The minimum atomic E-state index is -0.0825. The van der Waals surface area contributed by atoms with E-state index in [1.54, 1.807) is 29.6 Å². The third-order valence-electron chi connectivity index (χ3n) is 4.37. The first-order chi connectivity index (χ1) is 12.8.